The number of aromatic hydroxyl groups is 1. The van der Waals surface area contributed by atoms with Crippen molar-refractivity contribution in [3.05, 3.63) is 76.9 Å². The van der Waals surface area contributed by atoms with Gasteiger partial charge in [0.15, 0.2) is 17.3 Å². The van der Waals surface area contributed by atoms with E-state index in [2.05, 4.69) is 5.32 Å². The Balaban J connectivity index is 2.69. The number of benzene rings is 1. The molecule has 0 aliphatic heterocycles. The monoisotopic (exact) mass is 529 g/mol. The Hall–Kier alpha value is -3.09. The van der Waals surface area contributed by atoms with Crippen molar-refractivity contribution in [2.45, 2.75) is 66.0 Å². The molecule has 0 saturated heterocycles. The molecule has 0 saturated carbocycles. The van der Waals surface area contributed by atoms with Gasteiger partial charge in [-0.3, -0.25) is 9.59 Å². The van der Waals surface area contributed by atoms with E-state index in [0.717, 1.165) is 11.1 Å². The Morgan fingerprint density at radius 3 is 2.41 bits per heavy atom. The van der Waals surface area contributed by atoms with Gasteiger partial charge in [-0.1, -0.05) is 86.5 Å². The van der Waals surface area contributed by atoms with Crippen LogP contribution in [0, 0.1) is 5.41 Å². The first-order valence-electron chi connectivity index (χ1n) is 12.2. The molecule has 0 heterocycles. The molecule has 6 nitrogen and oxygen atoms in total. The van der Waals surface area contributed by atoms with Crippen LogP contribution < -0.4 is 10.1 Å². The van der Waals surface area contributed by atoms with E-state index in [4.69, 9.17) is 16.3 Å². The molecular weight excluding hydrogens is 490 g/mol. The molecule has 1 aromatic carbocycles. The number of halogens is 1. The molecule has 0 radical (unpaired) electrons. The fourth-order valence-electron chi connectivity index (χ4n) is 3.38. The Bertz CT molecular complexity index is 1060. The van der Waals surface area contributed by atoms with Crippen LogP contribution in [0.15, 0.2) is 71.3 Å². The number of aliphatic hydroxyl groups excluding tert-OH is 1. The zero-order valence-electron chi connectivity index (χ0n) is 22.6. The fourth-order valence-corrected chi connectivity index (χ4v) is 3.47. The van der Waals surface area contributed by atoms with Crippen LogP contribution in [0.1, 0.15) is 59.4 Å². The van der Waals surface area contributed by atoms with Gasteiger partial charge in [0.25, 0.3) is 0 Å². The second-order valence-electron chi connectivity index (χ2n) is 9.90. The van der Waals surface area contributed by atoms with E-state index in [0.29, 0.717) is 23.6 Å². The van der Waals surface area contributed by atoms with E-state index >= 15 is 0 Å². The standard InChI is InChI=1S/C30H40ClNO5/c1-21(19-23-16-18-25(34)27(20-23)37-6)11-7-10-14-28(36)32-29(30(3,4)5)26(35)13-9-8-12-24(33)17-15-22(2)31/h7-11,14-16,18-20,24,29,33-34H,12-13,17H2,1-6H3,(H,32,36)/b9-8-,11-7-,14-10-,21-19+,22-15+/t24-,29-/m1/s1. The molecule has 202 valence electrons. The highest BCUT2D eigenvalue weighted by Gasteiger charge is 2.31. The normalized spacial score (nSPS) is 14.9. The Labute approximate surface area is 226 Å². The van der Waals surface area contributed by atoms with Crippen molar-refractivity contribution in [3.63, 3.8) is 0 Å². The molecule has 37 heavy (non-hydrogen) atoms. The first-order valence-corrected chi connectivity index (χ1v) is 12.6. The largest absolute Gasteiger partial charge is 0.504 e. The topological polar surface area (TPSA) is 95.9 Å². The van der Waals surface area contributed by atoms with Gasteiger partial charge in [-0.15, -0.1) is 0 Å². The van der Waals surface area contributed by atoms with Gasteiger partial charge in [-0.2, -0.15) is 0 Å². The van der Waals surface area contributed by atoms with Crippen LogP contribution >= 0.6 is 11.6 Å². The number of ketones is 1. The van der Waals surface area contributed by atoms with Crippen LogP contribution in [0.4, 0.5) is 0 Å². The van der Waals surface area contributed by atoms with E-state index in [9.17, 15) is 19.8 Å². The SMILES string of the molecule is COc1cc(/C=C(C)/C=C\C=C/C(=O)N[C@H](C(=O)C/C=C\C[C@@H](O)C/C=C(\C)Cl)C(C)(C)C)ccc1O. The van der Waals surface area contributed by atoms with Gasteiger partial charge in [0.05, 0.1) is 19.3 Å². The lowest BCUT2D eigenvalue weighted by Gasteiger charge is -2.29. The van der Waals surface area contributed by atoms with Crippen molar-refractivity contribution < 1.29 is 24.5 Å². The van der Waals surface area contributed by atoms with Crippen LogP contribution in [-0.4, -0.2) is 41.2 Å². The summed E-state index contributed by atoms with van der Waals surface area (Å²) in [5.74, 6) is 0.0166. The number of ether oxygens (including phenoxy) is 1. The maximum Gasteiger partial charge on any atom is 0.244 e. The molecule has 1 amide bonds. The average Bonchev–Trinajstić information content (AvgIpc) is 2.82. The summed E-state index contributed by atoms with van der Waals surface area (Å²) in [5, 5.41) is 23.1. The molecule has 0 unspecified atom stereocenters. The molecule has 0 spiro atoms. The third-order valence-electron chi connectivity index (χ3n) is 5.36. The quantitative estimate of drug-likeness (QED) is 0.159. The smallest absolute Gasteiger partial charge is 0.244 e. The molecule has 3 N–H and O–H groups in total. The molecular formula is C30H40ClNO5. The minimum absolute atomic E-state index is 0.0782. The number of carbonyl (C=O) groups excluding carboxylic acids is 2. The number of allylic oxidation sites excluding steroid dienone is 6. The predicted octanol–water partition coefficient (Wildman–Crippen LogP) is 6.25. The van der Waals surface area contributed by atoms with Gasteiger partial charge in [0, 0.05) is 17.5 Å². The number of methoxy groups -OCH3 is 1. The maximum atomic E-state index is 12.8. The summed E-state index contributed by atoms with van der Waals surface area (Å²) in [4.78, 5) is 25.3. The summed E-state index contributed by atoms with van der Waals surface area (Å²) in [6.45, 7) is 9.38. The van der Waals surface area contributed by atoms with Gasteiger partial charge in [0.2, 0.25) is 5.91 Å². The molecule has 0 aromatic heterocycles. The summed E-state index contributed by atoms with van der Waals surface area (Å²) in [6.07, 6.45) is 14.2. The number of hydrogen-bond acceptors (Lipinski definition) is 5. The van der Waals surface area contributed by atoms with Gasteiger partial charge < -0.3 is 20.3 Å². The maximum absolute atomic E-state index is 12.8. The number of phenols is 1. The number of Topliss-reactive ketones (excluding diaryl/α,β-unsaturated/α-hetero) is 1. The molecule has 1 aromatic rings. The minimum atomic E-state index is -0.656. The van der Waals surface area contributed by atoms with E-state index < -0.39 is 17.6 Å². The molecule has 7 heteroatoms. The molecule has 0 bridgehead atoms. The number of carbonyl (C=O) groups is 2. The highest BCUT2D eigenvalue weighted by atomic mass is 35.5. The van der Waals surface area contributed by atoms with E-state index in [-0.39, 0.29) is 23.9 Å². The van der Waals surface area contributed by atoms with Crippen LogP contribution in [0.2, 0.25) is 0 Å². The van der Waals surface area contributed by atoms with Crippen molar-refractivity contribution in [1.82, 2.24) is 5.32 Å². The zero-order valence-corrected chi connectivity index (χ0v) is 23.4. The highest BCUT2D eigenvalue weighted by molar-refractivity contribution is 6.29. The van der Waals surface area contributed by atoms with Crippen LogP contribution in [0.5, 0.6) is 11.5 Å². The van der Waals surface area contributed by atoms with Crippen LogP contribution in [-0.2, 0) is 9.59 Å². The number of nitrogens with one attached hydrogen (secondary N) is 1. The number of phenolic OH excluding ortho intramolecular Hbond substituents is 1. The molecule has 0 fully saturated rings. The molecule has 0 aliphatic rings. The van der Waals surface area contributed by atoms with Crippen molar-refractivity contribution >= 4 is 29.4 Å². The lowest BCUT2D eigenvalue weighted by molar-refractivity contribution is -0.127. The van der Waals surface area contributed by atoms with Gasteiger partial charge >= 0.3 is 0 Å². The summed E-state index contributed by atoms with van der Waals surface area (Å²) in [6, 6.07) is 4.42. The van der Waals surface area contributed by atoms with Crippen molar-refractivity contribution in [2.24, 2.45) is 5.41 Å². The Morgan fingerprint density at radius 1 is 1.11 bits per heavy atom. The predicted molar refractivity (Wildman–Crippen MR) is 152 cm³/mol. The Morgan fingerprint density at radius 2 is 1.78 bits per heavy atom. The fraction of sp³-hybridized carbons (Fsp3) is 0.400. The number of rotatable bonds is 13. The third kappa shape index (κ3) is 13.1. The summed E-state index contributed by atoms with van der Waals surface area (Å²) in [7, 11) is 1.50. The van der Waals surface area contributed by atoms with E-state index in [1.807, 2.05) is 39.8 Å². The van der Waals surface area contributed by atoms with Crippen LogP contribution in [0.25, 0.3) is 6.08 Å². The zero-order chi connectivity index (χ0) is 28.0. The third-order valence-corrected chi connectivity index (χ3v) is 5.51. The number of hydrogen-bond donors (Lipinski definition) is 3. The molecule has 0 aliphatic carbocycles. The van der Waals surface area contributed by atoms with Crippen molar-refractivity contribution in [2.75, 3.05) is 7.11 Å². The first-order chi connectivity index (χ1) is 17.3. The molecule has 1 rings (SSSR count). The lowest BCUT2D eigenvalue weighted by Crippen LogP contribution is -2.48. The summed E-state index contributed by atoms with van der Waals surface area (Å²) >= 11 is 5.77. The van der Waals surface area contributed by atoms with Crippen molar-refractivity contribution in [3.8, 4) is 11.5 Å². The van der Waals surface area contributed by atoms with Gasteiger partial charge in [-0.05, 0) is 49.8 Å². The summed E-state index contributed by atoms with van der Waals surface area (Å²) < 4.78 is 5.12. The second kappa shape index (κ2) is 15.9. The Kier molecular flexibility index (Phi) is 13.7. The lowest BCUT2D eigenvalue weighted by atomic mass is 9.83. The van der Waals surface area contributed by atoms with Gasteiger partial charge in [-0.25, -0.2) is 0 Å². The second-order valence-corrected chi connectivity index (χ2v) is 10.5. The molecule has 2 atom stereocenters. The minimum Gasteiger partial charge on any atom is -0.504 e. The first kappa shape index (κ1) is 31.9. The van der Waals surface area contributed by atoms with Crippen LogP contribution in [0.3, 0.4) is 0 Å². The average molecular weight is 530 g/mol. The van der Waals surface area contributed by atoms with Crippen molar-refractivity contribution in [1.29, 1.82) is 0 Å². The van der Waals surface area contributed by atoms with E-state index in [1.54, 1.807) is 55.5 Å². The summed E-state index contributed by atoms with van der Waals surface area (Å²) in [5.41, 5.74) is 1.35. The number of aliphatic hydroxyl groups is 1. The number of amides is 1. The highest BCUT2D eigenvalue weighted by Crippen LogP contribution is 2.27. The van der Waals surface area contributed by atoms with Gasteiger partial charge in [0.1, 0.15) is 0 Å². The van der Waals surface area contributed by atoms with E-state index in [1.165, 1.54) is 13.2 Å².